The zero-order chi connectivity index (χ0) is 23.9. The number of fused-ring (bicyclic) bond motifs is 1. The number of aryl methyl sites for hydroxylation is 1. The summed E-state index contributed by atoms with van der Waals surface area (Å²) >= 11 is 15.7. The first-order valence-corrected chi connectivity index (χ1v) is 12.9. The zero-order valence-electron chi connectivity index (χ0n) is 17.7. The van der Waals surface area contributed by atoms with E-state index in [2.05, 4.69) is 15.2 Å². The van der Waals surface area contributed by atoms with Crippen LogP contribution in [-0.2, 0) is 16.1 Å². The van der Waals surface area contributed by atoms with Crippen molar-refractivity contribution in [1.82, 2.24) is 19.7 Å². The molecule has 0 saturated carbocycles. The van der Waals surface area contributed by atoms with Crippen molar-refractivity contribution in [3.63, 3.8) is 0 Å². The number of aliphatic carboxylic acids is 1. The minimum atomic E-state index is -1.21. The van der Waals surface area contributed by atoms with Crippen LogP contribution in [0.1, 0.15) is 5.01 Å². The molecule has 4 rings (SSSR count). The predicted molar refractivity (Wildman–Crippen MR) is 125 cm³/mol. The predicted octanol–water partition coefficient (Wildman–Crippen LogP) is -1.51. The van der Waals surface area contributed by atoms with Crippen molar-refractivity contribution in [2.75, 3.05) is 11.5 Å². The van der Waals surface area contributed by atoms with Gasteiger partial charge in [-0.3, -0.25) is 19.5 Å². The Labute approximate surface area is 237 Å². The van der Waals surface area contributed by atoms with Gasteiger partial charge in [-0.25, -0.2) is 4.79 Å². The summed E-state index contributed by atoms with van der Waals surface area (Å²) in [6, 6.07) is -0.984. The quantitative estimate of drug-likeness (QED) is 0.138. The van der Waals surface area contributed by atoms with Crippen molar-refractivity contribution in [3.05, 3.63) is 48.9 Å². The van der Waals surface area contributed by atoms with Crippen molar-refractivity contribution in [2.45, 2.75) is 29.2 Å². The van der Waals surface area contributed by atoms with E-state index >= 15 is 0 Å². The smallest absolute Gasteiger partial charge is 0.861 e. The number of hydrogen-bond donors (Lipinski definition) is 1. The molecule has 0 aromatic carbocycles. The summed E-state index contributed by atoms with van der Waals surface area (Å²) in [7, 11) is 0. The molecule has 2 aliphatic rings. The van der Waals surface area contributed by atoms with Gasteiger partial charge in [-0.2, -0.15) is 0 Å². The Morgan fingerprint density at radius 1 is 1.32 bits per heavy atom. The molecule has 1 amide bonds. The molecule has 16 heteroatoms. The summed E-state index contributed by atoms with van der Waals surface area (Å²) in [6.07, 6.45) is 2.50. The average molecular weight is 570 g/mol. The molecule has 2 aromatic heterocycles. The molecule has 2 aromatic rings. The number of pyridine rings is 1. The Morgan fingerprint density at radius 2 is 2.00 bits per heavy atom. The number of carboxylic acid groups (broad SMARTS) is 1. The fourth-order valence-corrected chi connectivity index (χ4v) is 7.03. The van der Waals surface area contributed by atoms with Gasteiger partial charge >= 0.3 is 35.5 Å². The third-order valence-electron chi connectivity index (χ3n) is 4.69. The van der Waals surface area contributed by atoms with E-state index in [9.17, 15) is 24.6 Å². The van der Waals surface area contributed by atoms with Crippen LogP contribution in [0.2, 0.25) is 10.0 Å². The maximum atomic E-state index is 12.7. The molecule has 174 valence electrons. The number of aliphatic imine (C=N–C) groups is 1. The van der Waals surface area contributed by atoms with Crippen LogP contribution < -0.4 is 40.1 Å². The summed E-state index contributed by atoms with van der Waals surface area (Å²) in [5.41, 5.74) is -0.0294. The van der Waals surface area contributed by atoms with Crippen molar-refractivity contribution in [3.8, 4) is 0 Å². The van der Waals surface area contributed by atoms with Gasteiger partial charge in [0.25, 0.3) is 5.91 Å². The number of carbonyl (C=O) groups excluding carboxylic acids is 1. The van der Waals surface area contributed by atoms with E-state index < -0.39 is 34.6 Å². The Balaban J connectivity index is 0.00000324. The molecular formula is C18H14Cl2N5NaO5S3. The van der Waals surface area contributed by atoms with Gasteiger partial charge in [0, 0.05) is 30.4 Å². The van der Waals surface area contributed by atoms with E-state index in [1.54, 1.807) is 0 Å². The summed E-state index contributed by atoms with van der Waals surface area (Å²) in [4.78, 5) is 41.4. The molecule has 0 aliphatic carbocycles. The number of rotatable bonds is 7. The Morgan fingerprint density at radius 3 is 2.59 bits per heavy atom. The number of carboxylic acids is 1. The van der Waals surface area contributed by atoms with Crippen LogP contribution in [0.25, 0.3) is 0 Å². The maximum Gasteiger partial charge on any atom is 1.00 e. The van der Waals surface area contributed by atoms with Crippen molar-refractivity contribution in [1.29, 1.82) is 0 Å². The largest absolute Gasteiger partial charge is 1.00 e. The van der Waals surface area contributed by atoms with Crippen LogP contribution >= 0.6 is 58.1 Å². The van der Waals surface area contributed by atoms with Gasteiger partial charge in [0.15, 0.2) is 10.4 Å². The topological polar surface area (TPSA) is 141 Å². The molecule has 2 atom stereocenters. The first-order chi connectivity index (χ1) is 15.7. The molecule has 4 heterocycles. The van der Waals surface area contributed by atoms with Crippen LogP contribution in [0, 0.1) is 6.92 Å². The van der Waals surface area contributed by atoms with Gasteiger partial charge in [0.05, 0.1) is 0 Å². The van der Waals surface area contributed by atoms with Crippen LogP contribution in [0.3, 0.4) is 0 Å². The minimum Gasteiger partial charge on any atom is -0.861 e. The summed E-state index contributed by atoms with van der Waals surface area (Å²) in [5.74, 6) is -1.65. The van der Waals surface area contributed by atoms with Gasteiger partial charge in [0.2, 0.25) is 5.43 Å². The summed E-state index contributed by atoms with van der Waals surface area (Å²) in [6.45, 7) is 1.56. The normalized spacial score (nSPS) is 20.0. The second kappa shape index (κ2) is 11.3. The van der Waals surface area contributed by atoms with E-state index in [4.69, 9.17) is 23.2 Å². The molecule has 34 heavy (non-hydrogen) atoms. The van der Waals surface area contributed by atoms with Crippen LogP contribution in [0.15, 0.2) is 37.8 Å². The number of amides is 1. The van der Waals surface area contributed by atoms with Gasteiger partial charge in [-0.15, -0.1) is 22.0 Å². The Bertz CT molecular complexity index is 1240. The fraction of sp³-hybridized carbons (Fsp3) is 0.333. The van der Waals surface area contributed by atoms with E-state index in [0.29, 0.717) is 21.4 Å². The second-order valence-electron chi connectivity index (χ2n) is 6.97. The monoisotopic (exact) mass is 569 g/mol. The molecule has 0 unspecified atom stereocenters. The van der Waals surface area contributed by atoms with Crippen LogP contribution in [-0.4, -0.2) is 65.5 Å². The van der Waals surface area contributed by atoms with E-state index in [0.717, 1.165) is 5.01 Å². The first kappa shape index (κ1) is 27.5. The molecule has 1 fully saturated rings. The molecule has 2 aliphatic heterocycles. The molecule has 0 radical (unpaired) electrons. The SMILES string of the molecule is Cc1nnc(SCC2=C(C(=O)O)N3C(=O)[C@@H](N=C([O-])Cn4cc(Cl)c(=O)c(Cl)c4)[C@H]3SC2)s1.[Na+]. The Kier molecular flexibility index (Phi) is 9.18. The molecule has 1 N–H and O–H groups in total. The average Bonchev–Trinajstić information content (AvgIpc) is 3.18. The molecule has 0 spiro atoms. The maximum absolute atomic E-state index is 12.7. The number of β-lactam (4-membered cyclic amide) rings is 1. The minimum absolute atomic E-state index is 0. The number of nitrogens with zero attached hydrogens (tertiary/aromatic N) is 5. The molecule has 10 nitrogen and oxygen atoms in total. The van der Waals surface area contributed by atoms with Gasteiger partial charge in [-0.1, -0.05) is 46.3 Å². The fourth-order valence-electron chi connectivity index (χ4n) is 3.25. The Hall–Kier alpha value is -1.06. The van der Waals surface area contributed by atoms with Crippen LogP contribution in [0.5, 0.6) is 0 Å². The van der Waals surface area contributed by atoms with Crippen molar-refractivity contribution in [2.24, 2.45) is 4.99 Å². The van der Waals surface area contributed by atoms with Crippen LogP contribution in [0.4, 0.5) is 0 Å². The third-order valence-corrected chi connectivity index (χ3v) is 8.61. The second-order valence-corrected chi connectivity index (χ2v) is 11.3. The molecule has 0 bridgehead atoms. The number of halogens is 2. The zero-order valence-corrected chi connectivity index (χ0v) is 23.7. The van der Waals surface area contributed by atoms with Crippen molar-refractivity contribution < 1.29 is 49.4 Å². The van der Waals surface area contributed by atoms with Gasteiger partial charge in [0.1, 0.15) is 26.1 Å². The van der Waals surface area contributed by atoms with Gasteiger partial charge < -0.3 is 14.8 Å². The van der Waals surface area contributed by atoms with E-state index in [-0.39, 0.29) is 51.8 Å². The summed E-state index contributed by atoms with van der Waals surface area (Å²) in [5, 5.41) is 30.0. The first-order valence-electron chi connectivity index (χ1n) is 9.27. The van der Waals surface area contributed by atoms with E-state index in [1.165, 1.54) is 56.7 Å². The van der Waals surface area contributed by atoms with Gasteiger partial charge in [-0.05, 0) is 18.4 Å². The third kappa shape index (κ3) is 5.67. The molecular weight excluding hydrogens is 556 g/mol. The standard InChI is InChI=1S/C18H15Cl2N5O5S3.Na/c1-7-22-23-18(33-7)32-6-8-5-31-16-12(15(28)25(16)13(8)17(29)30)21-11(26)4-24-2-9(19)14(27)10(20)3-24;/h2-3,12,16H,4-6H2,1H3,(H,21,26)(H,29,30);/q;+1/p-1/t12-,16-;/m1./s1. The van der Waals surface area contributed by atoms with E-state index in [1.807, 2.05) is 6.92 Å². The number of carbonyl (C=O) groups is 2. The summed E-state index contributed by atoms with van der Waals surface area (Å²) < 4.78 is 2.02. The molecule has 1 saturated heterocycles. The van der Waals surface area contributed by atoms with Crippen molar-refractivity contribution >= 4 is 75.8 Å². The number of hydrogen-bond acceptors (Lipinski definition) is 10. The number of thioether (sulfide) groups is 2. The number of aromatic nitrogens is 3.